The summed E-state index contributed by atoms with van der Waals surface area (Å²) in [6.07, 6.45) is 3.71. The van der Waals surface area contributed by atoms with Crippen LogP contribution in [0.4, 0.5) is 0 Å². The van der Waals surface area contributed by atoms with Crippen LogP contribution in [0.25, 0.3) is 0 Å². The topological polar surface area (TPSA) is 24.5 Å². The minimum atomic E-state index is 0.410. The molecule has 0 bridgehead atoms. The van der Waals surface area contributed by atoms with Crippen LogP contribution in [0.5, 0.6) is 5.75 Å². The van der Waals surface area contributed by atoms with Crippen molar-refractivity contribution in [1.82, 2.24) is 10.2 Å². The van der Waals surface area contributed by atoms with E-state index in [1.165, 1.54) is 42.6 Å². The second-order valence-electron chi connectivity index (χ2n) is 6.84. The van der Waals surface area contributed by atoms with Crippen LogP contribution in [0.3, 0.4) is 0 Å². The minimum absolute atomic E-state index is 0.410. The van der Waals surface area contributed by atoms with E-state index in [0.717, 1.165) is 25.3 Å². The van der Waals surface area contributed by atoms with E-state index < -0.39 is 0 Å². The van der Waals surface area contributed by atoms with E-state index in [9.17, 15) is 0 Å². The molecule has 0 saturated carbocycles. The smallest absolute Gasteiger partial charge is 0.119 e. The molecule has 1 saturated heterocycles. The normalized spacial score (nSPS) is 16.1. The lowest BCUT2D eigenvalue weighted by atomic mass is 10.0. The van der Waals surface area contributed by atoms with Crippen molar-refractivity contribution in [3.63, 3.8) is 0 Å². The molecule has 1 aliphatic heterocycles. The molecule has 3 rings (SSSR count). The summed E-state index contributed by atoms with van der Waals surface area (Å²) >= 11 is 0. The molecule has 1 aliphatic rings. The number of likely N-dealkylation sites (tertiary alicyclic amines) is 1. The van der Waals surface area contributed by atoms with E-state index in [-0.39, 0.29) is 0 Å². The fraction of sp³-hybridized carbons (Fsp3) is 0.455. The fourth-order valence-corrected chi connectivity index (χ4v) is 3.61. The van der Waals surface area contributed by atoms with Crippen molar-refractivity contribution >= 4 is 0 Å². The SMILES string of the molecule is CCc1ccc(CNC[C@@H](c2cccc(OC)c2)N2CCCC2)cc1. The van der Waals surface area contributed by atoms with E-state index in [2.05, 4.69) is 59.6 Å². The second kappa shape index (κ2) is 9.02. The average molecular weight is 338 g/mol. The van der Waals surface area contributed by atoms with E-state index in [1.807, 2.05) is 6.07 Å². The zero-order chi connectivity index (χ0) is 17.5. The van der Waals surface area contributed by atoms with Gasteiger partial charge in [-0.25, -0.2) is 0 Å². The number of hydrogen-bond acceptors (Lipinski definition) is 3. The van der Waals surface area contributed by atoms with Crippen molar-refractivity contribution in [3.05, 3.63) is 65.2 Å². The van der Waals surface area contributed by atoms with Crippen molar-refractivity contribution < 1.29 is 4.74 Å². The Balaban J connectivity index is 1.64. The zero-order valence-corrected chi connectivity index (χ0v) is 15.5. The van der Waals surface area contributed by atoms with E-state index in [1.54, 1.807) is 7.11 Å². The number of nitrogens with zero attached hydrogens (tertiary/aromatic N) is 1. The van der Waals surface area contributed by atoms with Crippen molar-refractivity contribution in [2.24, 2.45) is 0 Å². The molecule has 0 unspecified atom stereocenters. The first kappa shape index (κ1) is 18.0. The maximum atomic E-state index is 5.42. The van der Waals surface area contributed by atoms with Gasteiger partial charge < -0.3 is 10.1 Å². The van der Waals surface area contributed by atoms with Crippen molar-refractivity contribution in [2.45, 2.75) is 38.8 Å². The third-order valence-corrected chi connectivity index (χ3v) is 5.16. The van der Waals surface area contributed by atoms with Gasteiger partial charge in [-0.05, 0) is 61.2 Å². The van der Waals surface area contributed by atoms with E-state index in [4.69, 9.17) is 4.74 Å². The van der Waals surface area contributed by atoms with E-state index in [0.29, 0.717) is 6.04 Å². The second-order valence-corrected chi connectivity index (χ2v) is 6.84. The molecular formula is C22H30N2O. The Labute approximate surface area is 152 Å². The molecule has 0 radical (unpaired) electrons. The Bertz CT molecular complexity index is 647. The van der Waals surface area contributed by atoms with Crippen LogP contribution in [-0.2, 0) is 13.0 Å². The van der Waals surface area contributed by atoms with Crippen molar-refractivity contribution in [1.29, 1.82) is 0 Å². The third kappa shape index (κ3) is 4.83. The predicted octanol–water partition coefficient (Wildman–Crippen LogP) is 4.18. The van der Waals surface area contributed by atoms with Crippen LogP contribution in [-0.4, -0.2) is 31.6 Å². The lowest BCUT2D eigenvalue weighted by Crippen LogP contribution is -2.34. The monoisotopic (exact) mass is 338 g/mol. The molecule has 1 N–H and O–H groups in total. The van der Waals surface area contributed by atoms with Gasteiger partial charge in [0.05, 0.1) is 7.11 Å². The maximum absolute atomic E-state index is 5.42. The highest BCUT2D eigenvalue weighted by molar-refractivity contribution is 5.31. The minimum Gasteiger partial charge on any atom is -0.497 e. The van der Waals surface area contributed by atoms with Gasteiger partial charge in [-0.2, -0.15) is 0 Å². The summed E-state index contributed by atoms with van der Waals surface area (Å²) in [5.74, 6) is 0.942. The van der Waals surface area contributed by atoms with Gasteiger partial charge in [0.25, 0.3) is 0 Å². The molecule has 1 fully saturated rings. The Kier molecular flexibility index (Phi) is 6.48. The highest BCUT2D eigenvalue weighted by atomic mass is 16.5. The van der Waals surface area contributed by atoms with Crippen LogP contribution < -0.4 is 10.1 Å². The summed E-state index contributed by atoms with van der Waals surface area (Å²) in [4.78, 5) is 2.60. The van der Waals surface area contributed by atoms with Crippen LogP contribution in [0.1, 0.15) is 42.5 Å². The Morgan fingerprint density at radius 3 is 2.44 bits per heavy atom. The molecule has 2 aromatic rings. The Morgan fingerprint density at radius 2 is 1.76 bits per heavy atom. The molecule has 0 aromatic heterocycles. The summed E-state index contributed by atoms with van der Waals surface area (Å²) in [7, 11) is 1.74. The van der Waals surface area contributed by atoms with Crippen LogP contribution in [0.2, 0.25) is 0 Å². The summed E-state index contributed by atoms with van der Waals surface area (Å²) in [5, 5.41) is 3.67. The molecule has 1 heterocycles. The molecule has 0 aliphatic carbocycles. The fourth-order valence-electron chi connectivity index (χ4n) is 3.61. The molecule has 3 heteroatoms. The van der Waals surface area contributed by atoms with Crippen molar-refractivity contribution in [3.8, 4) is 5.75 Å². The number of aryl methyl sites for hydroxylation is 1. The maximum Gasteiger partial charge on any atom is 0.119 e. The molecular weight excluding hydrogens is 308 g/mol. The van der Waals surface area contributed by atoms with Gasteiger partial charge in [-0.1, -0.05) is 43.3 Å². The zero-order valence-electron chi connectivity index (χ0n) is 15.5. The predicted molar refractivity (Wildman–Crippen MR) is 104 cm³/mol. The number of hydrogen-bond donors (Lipinski definition) is 1. The first-order valence-corrected chi connectivity index (χ1v) is 9.46. The molecule has 1 atom stereocenters. The first-order valence-electron chi connectivity index (χ1n) is 9.46. The van der Waals surface area contributed by atoms with Gasteiger partial charge in [0.15, 0.2) is 0 Å². The molecule has 0 amide bonds. The lowest BCUT2D eigenvalue weighted by molar-refractivity contribution is 0.238. The number of nitrogens with one attached hydrogen (secondary N) is 1. The van der Waals surface area contributed by atoms with Gasteiger partial charge in [0.1, 0.15) is 5.75 Å². The molecule has 134 valence electrons. The summed E-state index contributed by atoms with van der Waals surface area (Å²) in [6, 6.07) is 17.9. The van der Waals surface area contributed by atoms with Gasteiger partial charge in [-0.3, -0.25) is 4.90 Å². The highest BCUT2D eigenvalue weighted by Gasteiger charge is 2.23. The van der Waals surface area contributed by atoms with Crippen molar-refractivity contribution in [2.75, 3.05) is 26.7 Å². The Morgan fingerprint density at radius 1 is 1.04 bits per heavy atom. The molecule has 0 spiro atoms. The lowest BCUT2D eigenvalue weighted by Gasteiger charge is -2.28. The number of ether oxygens (including phenoxy) is 1. The quantitative estimate of drug-likeness (QED) is 0.781. The third-order valence-electron chi connectivity index (χ3n) is 5.16. The summed E-state index contributed by atoms with van der Waals surface area (Å²) in [5.41, 5.74) is 4.09. The van der Waals surface area contributed by atoms with E-state index >= 15 is 0 Å². The summed E-state index contributed by atoms with van der Waals surface area (Å²) < 4.78 is 5.42. The van der Waals surface area contributed by atoms with Gasteiger partial charge in [0.2, 0.25) is 0 Å². The van der Waals surface area contributed by atoms with Gasteiger partial charge in [0, 0.05) is 19.1 Å². The standard InChI is InChI=1S/C22H30N2O/c1-3-18-9-11-19(12-10-18)16-23-17-22(24-13-4-5-14-24)20-7-6-8-21(15-20)25-2/h6-12,15,22-23H,3-5,13-14,16-17H2,1-2H3/t22-/m0/s1. The number of benzene rings is 2. The van der Waals surface area contributed by atoms with Gasteiger partial charge in [-0.15, -0.1) is 0 Å². The highest BCUT2D eigenvalue weighted by Crippen LogP contribution is 2.27. The van der Waals surface area contributed by atoms with Gasteiger partial charge >= 0.3 is 0 Å². The van der Waals surface area contributed by atoms with Crippen LogP contribution in [0.15, 0.2) is 48.5 Å². The first-order chi connectivity index (χ1) is 12.3. The molecule has 2 aromatic carbocycles. The number of rotatable bonds is 8. The average Bonchev–Trinajstić information content (AvgIpc) is 3.20. The largest absolute Gasteiger partial charge is 0.497 e. The Hall–Kier alpha value is -1.84. The molecule has 3 nitrogen and oxygen atoms in total. The summed E-state index contributed by atoms with van der Waals surface area (Å²) in [6.45, 7) is 6.45. The molecule has 25 heavy (non-hydrogen) atoms. The van der Waals surface area contributed by atoms with Crippen LogP contribution >= 0.6 is 0 Å². The van der Waals surface area contributed by atoms with Crippen LogP contribution in [0, 0.1) is 0 Å². The number of methoxy groups -OCH3 is 1.